The summed E-state index contributed by atoms with van der Waals surface area (Å²) in [6.45, 7) is 2.84. The third-order valence-corrected chi connectivity index (χ3v) is 6.57. The molecule has 1 spiro atoms. The van der Waals surface area contributed by atoms with E-state index in [2.05, 4.69) is 10.2 Å². The molecule has 0 radical (unpaired) electrons. The quantitative estimate of drug-likeness (QED) is 0.746. The largest absolute Gasteiger partial charge is 0.496 e. The number of amides is 1. The molecular formula is C24H28F2N2O2. The molecule has 1 heterocycles. The van der Waals surface area contributed by atoms with Crippen molar-refractivity contribution in [2.75, 3.05) is 26.7 Å². The Balaban J connectivity index is 1.23. The van der Waals surface area contributed by atoms with Gasteiger partial charge in [0, 0.05) is 25.1 Å². The van der Waals surface area contributed by atoms with E-state index in [1.807, 2.05) is 24.3 Å². The van der Waals surface area contributed by atoms with Crippen molar-refractivity contribution in [3.63, 3.8) is 0 Å². The Labute approximate surface area is 176 Å². The number of methoxy groups -OCH3 is 1. The molecule has 4 rings (SSSR count). The first-order valence-electron chi connectivity index (χ1n) is 10.6. The lowest BCUT2D eigenvalue weighted by Gasteiger charge is -2.32. The van der Waals surface area contributed by atoms with Crippen LogP contribution in [0.25, 0.3) is 0 Å². The highest BCUT2D eigenvalue weighted by molar-refractivity contribution is 5.82. The van der Waals surface area contributed by atoms with E-state index < -0.39 is 11.6 Å². The van der Waals surface area contributed by atoms with E-state index in [1.54, 1.807) is 7.11 Å². The van der Waals surface area contributed by atoms with Gasteiger partial charge in [0.15, 0.2) is 0 Å². The van der Waals surface area contributed by atoms with E-state index in [0.717, 1.165) is 56.2 Å². The number of nitrogens with one attached hydrogen (secondary N) is 1. The second-order valence-corrected chi connectivity index (χ2v) is 8.53. The van der Waals surface area contributed by atoms with Gasteiger partial charge in [0.05, 0.1) is 7.11 Å². The van der Waals surface area contributed by atoms with Crippen molar-refractivity contribution < 1.29 is 18.3 Å². The Hall–Kier alpha value is -2.47. The standard InChI is InChI=1S/C24H28F2N2O2/c1-30-22-5-3-2-4-18(22)6-9-27-23(29)21-15-24(21)7-10-28(11-8-24)16-17-12-19(25)14-20(26)13-17/h2-5,12-14,21H,6-11,15-16H2,1H3,(H,27,29). The molecule has 1 aliphatic heterocycles. The Morgan fingerprint density at radius 2 is 1.87 bits per heavy atom. The first-order chi connectivity index (χ1) is 14.5. The van der Waals surface area contributed by atoms with Crippen molar-refractivity contribution in [2.45, 2.75) is 32.2 Å². The highest BCUT2D eigenvalue weighted by Crippen LogP contribution is 2.59. The first kappa shape index (κ1) is 20.8. The number of benzene rings is 2. The Kier molecular flexibility index (Phi) is 6.04. The minimum absolute atomic E-state index is 0.0870. The molecule has 1 amide bonds. The molecule has 1 unspecified atom stereocenters. The molecule has 2 fully saturated rings. The van der Waals surface area contributed by atoms with Crippen molar-refractivity contribution in [3.05, 3.63) is 65.2 Å². The van der Waals surface area contributed by atoms with Crippen molar-refractivity contribution >= 4 is 5.91 Å². The summed E-state index contributed by atoms with van der Waals surface area (Å²) in [6, 6.07) is 11.5. The van der Waals surface area contributed by atoms with Crippen LogP contribution in [0.15, 0.2) is 42.5 Å². The van der Waals surface area contributed by atoms with Crippen molar-refractivity contribution in [3.8, 4) is 5.75 Å². The maximum atomic E-state index is 13.4. The Morgan fingerprint density at radius 3 is 2.57 bits per heavy atom. The average Bonchev–Trinajstić information content (AvgIpc) is 3.43. The molecule has 160 valence electrons. The summed E-state index contributed by atoms with van der Waals surface area (Å²) in [5, 5.41) is 3.09. The van der Waals surface area contributed by atoms with Gasteiger partial charge in [0.1, 0.15) is 17.4 Å². The van der Waals surface area contributed by atoms with Gasteiger partial charge < -0.3 is 10.1 Å². The molecule has 30 heavy (non-hydrogen) atoms. The van der Waals surface area contributed by atoms with Crippen LogP contribution in [0, 0.1) is 23.0 Å². The summed E-state index contributed by atoms with van der Waals surface area (Å²) in [6.07, 6.45) is 3.59. The molecule has 0 aromatic heterocycles. The zero-order chi connectivity index (χ0) is 21.1. The number of hydrogen-bond acceptors (Lipinski definition) is 3. The fourth-order valence-corrected chi connectivity index (χ4v) is 4.74. The van der Waals surface area contributed by atoms with E-state index in [9.17, 15) is 13.6 Å². The molecule has 1 atom stereocenters. The molecule has 1 aliphatic carbocycles. The lowest BCUT2D eigenvalue weighted by Crippen LogP contribution is -2.37. The molecule has 4 nitrogen and oxygen atoms in total. The van der Waals surface area contributed by atoms with Crippen LogP contribution in [0.5, 0.6) is 5.75 Å². The van der Waals surface area contributed by atoms with Crippen molar-refractivity contribution in [2.24, 2.45) is 11.3 Å². The molecular weight excluding hydrogens is 386 g/mol. The predicted molar refractivity (Wildman–Crippen MR) is 111 cm³/mol. The van der Waals surface area contributed by atoms with Gasteiger partial charge in [0.2, 0.25) is 5.91 Å². The number of para-hydroxylation sites is 1. The van der Waals surface area contributed by atoms with Crippen LogP contribution in [-0.2, 0) is 17.8 Å². The van der Waals surface area contributed by atoms with Crippen LogP contribution in [0.1, 0.15) is 30.4 Å². The number of ether oxygens (including phenoxy) is 1. The summed E-state index contributed by atoms with van der Waals surface area (Å²) in [7, 11) is 1.66. The summed E-state index contributed by atoms with van der Waals surface area (Å²) < 4.78 is 32.2. The van der Waals surface area contributed by atoms with E-state index >= 15 is 0 Å². The Morgan fingerprint density at radius 1 is 1.17 bits per heavy atom. The molecule has 2 aromatic carbocycles. The third kappa shape index (κ3) is 4.64. The molecule has 1 N–H and O–H groups in total. The van der Waals surface area contributed by atoms with E-state index in [0.29, 0.717) is 18.7 Å². The number of rotatable bonds is 7. The lowest BCUT2D eigenvalue weighted by atomic mass is 9.90. The van der Waals surface area contributed by atoms with Gasteiger partial charge in [0.25, 0.3) is 0 Å². The maximum absolute atomic E-state index is 13.4. The monoisotopic (exact) mass is 414 g/mol. The highest BCUT2D eigenvalue weighted by Gasteiger charge is 2.58. The highest BCUT2D eigenvalue weighted by atomic mass is 19.1. The normalized spacial score (nSPS) is 20.2. The van der Waals surface area contributed by atoms with E-state index in [1.165, 1.54) is 12.1 Å². The zero-order valence-electron chi connectivity index (χ0n) is 17.3. The molecule has 0 bridgehead atoms. The second-order valence-electron chi connectivity index (χ2n) is 8.53. The lowest BCUT2D eigenvalue weighted by molar-refractivity contribution is -0.123. The van der Waals surface area contributed by atoms with Gasteiger partial charge in [-0.15, -0.1) is 0 Å². The topological polar surface area (TPSA) is 41.6 Å². The van der Waals surface area contributed by atoms with Crippen molar-refractivity contribution in [1.82, 2.24) is 10.2 Å². The number of carbonyl (C=O) groups is 1. The zero-order valence-corrected chi connectivity index (χ0v) is 17.3. The molecule has 2 aromatic rings. The molecule has 2 aliphatic rings. The molecule has 1 saturated heterocycles. The molecule has 6 heteroatoms. The number of hydrogen-bond donors (Lipinski definition) is 1. The minimum Gasteiger partial charge on any atom is -0.496 e. The fourth-order valence-electron chi connectivity index (χ4n) is 4.74. The SMILES string of the molecule is COc1ccccc1CCNC(=O)C1CC12CCN(Cc1cc(F)cc(F)c1)CC2. The van der Waals surface area contributed by atoms with E-state index in [4.69, 9.17) is 4.74 Å². The van der Waals surface area contributed by atoms with Gasteiger partial charge in [-0.3, -0.25) is 9.69 Å². The molecule has 1 saturated carbocycles. The maximum Gasteiger partial charge on any atom is 0.223 e. The third-order valence-electron chi connectivity index (χ3n) is 6.57. The number of likely N-dealkylation sites (tertiary alicyclic amines) is 1. The van der Waals surface area contributed by atoms with E-state index in [-0.39, 0.29) is 17.2 Å². The van der Waals surface area contributed by atoms with Gasteiger partial charge in [-0.2, -0.15) is 0 Å². The number of halogens is 2. The van der Waals surface area contributed by atoms with Crippen LogP contribution in [0.2, 0.25) is 0 Å². The second kappa shape index (κ2) is 8.72. The van der Waals surface area contributed by atoms with Gasteiger partial charge in [-0.05, 0) is 73.5 Å². The summed E-state index contributed by atoms with van der Waals surface area (Å²) in [4.78, 5) is 14.8. The smallest absolute Gasteiger partial charge is 0.223 e. The van der Waals surface area contributed by atoms with Gasteiger partial charge in [-0.25, -0.2) is 8.78 Å². The number of carbonyl (C=O) groups excluding carboxylic acids is 1. The van der Waals surface area contributed by atoms with Crippen LogP contribution >= 0.6 is 0 Å². The summed E-state index contributed by atoms with van der Waals surface area (Å²) in [5.41, 5.74) is 1.86. The Bertz CT molecular complexity index is 890. The first-order valence-corrected chi connectivity index (χ1v) is 10.6. The van der Waals surface area contributed by atoms with Gasteiger partial charge >= 0.3 is 0 Å². The van der Waals surface area contributed by atoms with Crippen LogP contribution in [0.3, 0.4) is 0 Å². The van der Waals surface area contributed by atoms with Crippen molar-refractivity contribution in [1.29, 1.82) is 0 Å². The minimum atomic E-state index is -0.537. The van der Waals surface area contributed by atoms with Crippen LogP contribution < -0.4 is 10.1 Å². The number of piperidine rings is 1. The average molecular weight is 414 g/mol. The fraction of sp³-hybridized carbons (Fsp3) is 0.458. The summed E-state index contributed by atoms with van der Waals surface area (Å²) >= 11 is 0. The summed E-state index contributed by atoms with van der Waals surface area (Å²) in [5.74, 6) is 0.00531. The predicted octanol–water partition coefficient (Wildman–Crippen LogP) is 3.93. The van der Waals surface area contributed by atoms with Crippen LogP contribution in [-0.4, -0.2) is 37.6 Å². The van der Waals surface area contributed by atoms with Crippen LogP contribution in [0.4, 0.5) is 8.78 Å². The number of nitrogens with zero attached hydrogens (tertiary/aromatic N) is 1. The van der Waals surface area contributed by atoms with Gasteiger partial charge in [-0.1, -0.05) is 18.2 Å².